The van der Waals surface area contributed by atoms with Crippen molar-refractivity contribution in [2.45, 2.75) is 59.3 Å². The van der Waals surface area contributed by atoms with Gasteiger partial charge in [0.1, 0.15) is 0 Å². The molecule has 0 heterocycles. The van der Waals surface area contributed by atoms with Crippen LogP contribution in [-0.4, -0.2) is 11.7 Å². The molecule has 0 aliphatic heterocycles. The number of hydrogen-bond donors (Lipinski definition) is 1. The molecule has 0 rings (SSSR count). The van der Waals surface area contributed by atoms with Gasteiger partial charge < -0.3 is 5.11 Å². The summed E-state index contributed by atoms with van der Waals surface area (Å²) in [5.41, 5.74) is 0. The molecule has 0 aromatic heterocycles. The van der Waals surface area contributed by atoms with E-state index in [2.05, 4.69) is 20.8 Å². The molecule has 2 unspecified atom stereocenters. The predicted molar refractivity (Wildman–Crippen MR) is 58.8 cm³/mol. The Morgan fingerprint density at radius 3 is 2.00 bits per heavy atom. The Labute approximate surface area is 83.5 Å². The minimum atomic E-state index is 0.351. The molecule has 0 aromatic rings. The number of rotatable bonds is 8. The van der Waals surface area contributed by atoms with Crippen molar-refractivity contribution < 1.29 is 5.11 Å². The van der Waals surface area contributed by atoms with Crippen LogP contribution >= 0.6 is 0 Å². The van der Waals surface area contributed by atoms with Gasteiger partial charge in [-0.1, -0.05) is 52.9 Å². The maximum atomic E-state index is 8.84. The fraction of sp³-hybridized carbons (Fsp3) is 1.00. The van der Waals surface area contributed by atoms with Gasteiger partial charge in [-0.15, -0.1) is 0 Å². The molecule has 0 amide bonds. The van der Waals surface area contributed by atoms with Crippen LogP contribution in [0.15, 0.2) is 0 Å². The van der Waals surface area contributed by atoms with Crippen LogP contribution in [0.1, 0.15) is 59.3 Å². The van der Waals surface area contributed by atoms with Gasteiger partial charge in [-0.05, 0) is 18.3 Å². The standard InChI is InChI=1S/C12H26O/c1-4-5-7-11(2)8-6-9-12(3)10-13/h11-13H,4-10H2,1-3H3. The summed E-state index contributed by atoms with van der Waals surface area (Å²) in [6, 6.07) is 0. The van der Waals surface area contributed by atoms with Crippen molar-refractivity contribution in [1.29, 1.82) is 0 Å². The number of hydrogen-bond acceptors (Lipinski definition) is 1. The van der Waals surface area contributed by atoms with E-state index in [1.165, 1.54) is 38.5 Å². The number of aliphatic hydroxyl groups excluding tert-OH is 1. The normalized spacial score (nSPS) is 15.7. The van der Waals surface area contributed by atoms with Crippen LogP contribution in [0.25, 0.3) is 0 Å². The zero-order valence-electron chi connectivity index (χ0n) is 9.55. The molecule has 0 aliphatic rings. The van der Waals surface area contributed by atoms with Crippen LogP contribution in [0, 0.1) is 11.8 Å². The first kappa shape index (κ1) is 13.0. The highest BCUT2D eigenvalue weighted by Crippen LogP contribution is 2.17. The van der Waals surface area contributed by atoms with Gasteiger partial charge in [0.25, 0.3) is 0 Å². The van der Waals surface area contributed by atoms with Crippen LogP contribution in [-0.2, 0) is 0 Å². The Kier molecular flexibility index (Phi) is 8.53. The van der Waals surface area contributed by atoms with E-state index in [9.17, 15) is 0 Å². The largest absolute Gasteiger partial charge is 0.396 e. The summed E-state index contributed by atoms with van der Waals surface area (Å²) in [7, 11) is 0. The first-order valence-corrected chi connectivity index (χ1v) is 5.81. The highest BCUT2D eigenvalue weighted by molar-refractivity contribution is 4.56. The highest BCUT2D eigenvalue weighted by atomic mass is 16.3. The van der Waals surface area contributed by atoms with Gasteiger partial charge in [0, 0.05) is 6.61 Å². The SMILES string of the molecule is CCCCC(C)CCCC(C)CO. The van der Waals surface area contributed by atoms with Crippen LogP contribution in [0.4, 0.5) is 0 Å². The molecule has 0 spiro atoms. The van der Waals surface area contributed by atoms with Crippen molar-refractivity contribution >= 4 is 0 Å². The molecule has 0 saturated carbocycles. The smallest absolute Gasteiger partial charge is 0.0456 e. The average Bonchev–Trinajstić information content (AvgIpc) is 2.14. The maximum Gasteiger partial charge on any atom is 0.0456 e. The lowest BCUT2D eigenvalue weighted by molar-refractivity contribution is 0.225. The molecule has 0 aromatic carbocycles. The lowest BCUT2D eigenvalue weighted by Gasteiger charge is -2.12. The Morgan fingerprint density at radius 1 is 0.923 bits per heavy atom. The zero-order valence-corrected chi connectivity index (χ0v) is 9.55. The van der Waals surface area contributed by atoms with E-state index in [0.29, 0.717) is 12.5 Å². The van der Waals surface area contributed by atoms with Gasteiger partial charge in [0.05, 0.1) is 0 Å². The summed E-state index contributed by atoms with van der Waals surface area (Å²) in [4.78, 5) is 0. The van der Waals surface area contributed by atoms with E-state index in [0.717, 1.165) is 5.92 Å². The molecule has 2 atom stereocenters. The molecule has 1 N–H and O–H groups in total. The summed E-state index contributed by atoms with van der Waals surface area (Å²) in [5, 5.41) is 8.84. The van der Waals surface area contributed by atoms with E-state index in [1.54, 1.807) is 0 Å². The molecule has 0 saturated heterocycles. The van der Waals surface area contributed by atoms with Crippen LogP contribution in [0.3, 0.4) is 0 Å². The van der Waals surface area contributed by atoms with Gasteiger partial charge in [-0.25, -0.2) is 0 Å². The molecule has 1 nitrogen and oxygen atoms in total. The third kappa shape index (κ3) is 8.29. The lowest BCUT2D eigenvalue weighted by atomic mass is 9.95. The van der Waals surface area contributed by atoms with Crippen molar-refractivity contribution in [2.75, 3.05) is 6.61 Å². The second kappa shape index (κ2) is 8.55. The van der Waals surface area contributed by atoms with Crippen LogP contribution < -0.4 is 0 Å². The fourth-order valence-corrected chi connectivity index (χ4v) is 1.60. The average molecular weight is 186 g/mol. The molecule has 0 radical (unpaired) electrons. The minimum Gasteiger partial charge on any atom is -0.396 e. The van der Waals surface area contributed by atoms with Crippen molar-refractivity contribution in [3.8, 4) is 0 Å². The van der Waals surface area contributed by atoms with Gasteiger partial charge in [-0.3, -0.25) is 0 Å². The monoisotopic (exact) mass is 186 g/mol. The first-order chi connectivity index (χ1) is 6.20. The molecule has 0 aliphatic carbocycles. The topological polar surface area (TPSA) is 20.2 Å². The van der Waals surface area contributed by atoms with Gasteiger partial charge in [0.15, 0.2) is 0 Å². The van der Waals surface area contributed by atoms with Crippen molar-refractivity contribution in [3.05, 3.63) is 0 Å². The molecule has 1 heteroatoms. The molecule has 0 bridgehead atoms. The lowest BCUT2D eigenvalue weighted by Crippen LogP contribution is -2.02. The minimum absolute atomic E-state index is 0.351. The molecule has 80 valence electrons. The van der Waals surface area contributed by atoms with Gasteiger partial charge in [0.2, 0.25) is 0 Å². The third-order valence-corrected chi connectivity index (χ3v) is 2.76. The van der Waals surface area contributed by atoms with E-state index in [4.69, 9.17) is 5.11 Å². The Bertz CT molecular complexity index is 101. The van der Waals surface area contributed by atoms with Crippen LogP contribution in [0.2, 0.25) is 0 Å². The fourth-order valence-electron chi connectivity index (χ4n) is 1.60. The number of unbranched alkanes of at least 4 members (excludes halogenated alkanes) is 1. The Hall–Kier alpha value is -0.0400. The maximum absolute atomic E-state index is 8.84. The molecular weight excluding hydrogens is 160 g/mol. The first-order valence-electron chi connectivity index (χ1n) is 5.81. The summed E-state index contributed by atoms with van der Waals surface area (Å²) in [5.74, 6) is 1.38. The zero-order chi connectivity index (χ0) is 10.1. The van der Waals surface area contributed by atoms with Crippen molar-refractivity contribution in [2.24, 2.45) is 11.8 Å². The predicted octanol–water partition coefficient (Wildman–Crippen LogP) is 3.61. The summed E-state index contributed by atoms with van der Waals surface area (Å²) >= 11 is 0. The van der Waals surface area contributed by atoms with E-state index < -0.39 is 0 Å². The summed E-state index contributed by atoms with van der Waals surface area (Å²) in [6.07, 6.45) is 7.88. The Balaban J connectivity index is 3.21. The van der Waals surface area contributed by atoms with Crippen molar-refractivity contribution in [3.63, 3.8) is 0 Å². The number of aliphatic hydroxyl groups is 1. The van der Waals surface area contributed by atoms with Gasteiger partial charge >= 0.3 is 0 Å². The van der Waals surface area contributed by atoms with Gasteiger partial charge in [-0.2, -0.15) is 0 Å². The molecular formula is C12H26O. The van der Waals surface area contributed by atoms with Crippen LogP contribution in [0.5, 0.6) is 0 Å². The summed E-state index contributed by atoms with van der Waals surface area (Å²) < 4.78 is 0. The van der Waals surface area contributed by atoms with E-state index >= 15 is 0 Å². The third-order valence-electron chi connectivity index (χ3n) is 2.76. The Morgan fingerprint density at radius 2 is 1.46 bits per heavy atom. The second-order valence-corrected chi connectivity index (χ2v) is 4.47. The van der Waals surface area contributed by atoms with E-state index in [1.807, 2.05) is 0 Å². The van der Waals surface area contributed by atoms with Crippen molar-refractivity contribution in [1.82, 2.24) is 0 Å². The highest BCUT2D eigenvalue weighted by Gasteiger charge is 2.03. The molecule has 0 fully saturated rings. The molecule has 13 heavy (non-hydrogen) atoms. The summed E-state index contributed by atoms with van der Waals surface area (Å²) in [6.45, 7) is 7.07. The second-order valence-electron chi connectivity index (χ2n) is 4.47. The van der Waals surface area contributed by atoms with E-state index in [-0.39, 0.29) is 0 Å². The quantitative estimate of drug-likeness (QED) is 0.614.